The lowest BCUT2D eigenvalue weighted by Gasteiger charge is -2.24. The first kappa shape index (κ1) is 25.0. The number of ether oxygens (including phenoxy) is 1. The van der Waals surface area contributed by atoms with Crippen LogP contribution < -0.4 is 14.8 Å². The smallest absolute Gasteiger partial charge is 0.256 e. The molecule has 4 rings (SSSR count). The van der Waals surface area contributed by atoms with E-state index >= 15 is 0 Å². The Morgan fingerprint density at radius 1 is 1.06 bits per heavy atom. The molecule has 3 aromatic rings. The van der Waals surface area contributed by atoms with Crippen LogP contribution in [0.2, 0.25) is 5.02 Å². The van der Waals surface area contributed by atoms with E-state index in [1.165, 1.54) is 19.2 Å². The summed E-state index contributed by atoms with van der Waals surface area (Å²) in [7, 11) is -2.31. The molecule has 0 saturated carbocycles. The van der Waals surface area contributed by atoms with Gasteiger partial charge in [0.25, 0.3) is 5.91 Å². The molecule has 0 aliphatic carbocycles. The summed E-state index contributed by atoms with van der Waals surface area (Å²) >= 11 is 6.69. The number of benzene rings is 3. The van der Waals surface area contributed by atoms with Gasteiger partial charge in [-0.25, -0.2) is 13.1 Å². The van der Waals surface area contributed by atoms with Crippen LogP contribution >= 0.6 is 11.6 Å². The molecule has 1 aliphatic rings. The minimum atomic E-state index is -3.66. The molecule has 0 unspecified atom stereocenters. The van der Waals surface area contributed by atoms with E-state index < -0.39 is 10.0 Å². The zero-order valence-corrected chi connectivity index (χ0v) is 21.5. The molecule has 182 valence electrons. The number of hydrogen-bond donors (Lipinski definition) is 2. The van der Waals surface area contributed by atoms with Gasteiger partial charge in [0.1, 0.15) is 12.4 Å². The van der Waals surface area contributed by atoms with E-state index in [4.69, 9.17) is 16.3 Å². The second kappa shape index (κ2) is 9.49. The summed E-state index contributed by atoms with van der Waals surface area (Å²) in [6, 6.07) is 18.1. The summed E-state index contributed by atoms with van der Waals surface area (Å²) in [5, 5.41) is 3.23. The van der Waals surface area contributed by atoms with Crippen molar-refractivity contribution in [3.63, 3.8) is 0 Å². The van der Waals surface area contributed by atoms with E-state index in [9.17, 15) is 13.2 Å². The number of hydrogen-bond acceptors (Lipinski definition) is 4. The number of rotatable bonds is 6. The molecule has 0 aromatic heterocycles. The molecular formula is C27H27ClN2O4S. The van der Waals surface area contributed by atoms with Crippen molar-refractivity contribution in [3.8, 4) is 5.75 Å². The average molecular weight is 511 g/mol. The van der Waals surface area contributed by atoms with Crippen LogP contribution in [0.3, 0.4) is 0 Å². The largest absolute Gasteiger partial charge is 0.487 e. The van der Waals surface area contributed by atoms with E-state index in [2.05, 4.69) is 30.8 Å². The molecular weight excluding hydrogens is 484 g/mol. The van der Waals surface area contributed by atoms with Crippen LogP contribution in [0.5, 0.6) is 5.75 Å². The molecule has 6 nitrogen and oxygen atoms in total. The second-order valence-electron chi connectivity index (χ2n) is 9.33. The highest BCUT2D eigenvalue weighted by atomic mass is 35.5. The summed E-state index contributed by atoms with van der Waals surface area (Å²) in [5.74, 6) is 0.292. The third-order valence-corrected chi connectivity index (χ3v) is 7.46. The van der Waals surface area contributed by atoms with Gasteiger partial charge in [0.05, 0.1) is 9.92 Å². The third-order valence-electron chi connectivity index (χ3n) is 5.76. The van der Waals surface area contributed by atoms with Gasteiger partial charge in [0.2, 0.25) is 10.0 Å². The van der Waals surface area contributed by atoms with E-state index in [1.54, 1.807) is 18.2 Å². The molecule has 1 amide bonds. The van der Waals surface area contributed by atoms with Crippen LogP contribution in [-0.2, 0) is 26.8 Å². The van der Waals surface area contributed by atoms with Crippen molar-refractivity contribution in [2.45, 2.75) is 37.7 Å². The van der Waals surface area contributed by atoms with Gasteiger partial charge in [-0.2, -0.15) is 0 Å². The molecule has 0 saturated heterocycles. The minimum Gasteiger partial charge on any atom is -0.487 e. The Hall–Kier alpha value is -3.13. The van der Waals surface area contributed by atoms with Crippen LogP contribution in [0.4, 0.5) is 5.69 Å². The van der Waals surface area contributed by atoms with Gasteiger partial charge < -0.3 is 10.1 Å². The van der Waals surface area contributed by atoms with Crippen molar-refractivity contribution in [2.75, 3.05) is 12.4 Å². The Kier molecular flexibility index (Phi) is 6.77. The van der Waals surface area contributed by atoms with Crippen molar-refractivity contribution >= 4 is 44.9 Å². The molecule has 35 heavy (non-hydrogen) atoms. The van der Waals surface area contributed by atoms with Gasteiger partial charge in [-0.05, 0) is 60.0 Å². The van der Waals surface area contributed by atoms with Gasteiger partial charge >= 0.3 is 0 Å². The number of sulfonamides is 1. The minimum absolute atomic E-state index is 0.0826. The highest BCUT2D eigenvalue weighted by Crippen LogP contribution is 2.40. The number of carbonyl (C=O) groups is 1. The predicted molar refractivity (Wildman–Crippen MR) is 140 cm³/mol. The second-order valence-corrected chi connectivity index (χ2v) is 11.6. The van der Waals surface area contributed by atoms with Gasteiger partial charge in [-0.15, -0.1) is 0 Å². The van der Waals surface area contributed by atoms with Crippen molar-refractivity contribution in [1.82, 2.24) is 4.72 Å². The Bertz CT molecular complexity index is 1430. The van der Waals surface area contributed by atoms with Gasteiger partial charge in [-0.3, -0.25) is 4.79 Å². The Morgan fingerprint density at radius 3 is 2.43 bits per heavy atom. The predicted octanol–water partition coefficient (Wildman–Crippen LogP) is 5.62. The quantitative estimate of drug-likeness (QED) is 0.422. The van der Waals surface area contributed by atoms with E-state index in [0.717, 1.165) is 11.1 Å². The normalized spacial score (nSPS) is 14.7. The van der Waals surface area contributed by atoms with E-state index in [-0.39, 0.29) is 16.2 Å². The summed E-state index contributed by atoms with van der Waals surface area (Å²) in [5.41, 5.74) is 3.80. The van der Waals surface area contributed by atoms with E-state index in [1.807, 2.05) is 36.4 Å². The standard InChI is InChI=1S/C27H27ClN2O4S/c1-27(2,3)22-13-18(14-23(28)25(22)34-16-17-8-6-5-7-9-17)12-21-20-15-19(35(32,33)29-4)10-11-24(20)30-26(21)31/h5-15,29H,16H2,1-4H3,(H,30,31). The SMILES string of the molecule is CNS(=O)(=O)c1ccc2c(c1)C(=Cc1cc(Cl)c(OCc3ccccc3)c(C(C)(C)C)c1)C(=O)N2. The van der Waals surface area contributed by atoms with Crippen molar-refractivity contribution in [2.24, 2.45) is 0 Å². The van der Waals surface area contributed by atoms with Gasteiger partial charge in [0.15, 0.2) is 0 Å². The zero-order chi connectivity index (χ0) is 25.4. The fourth-order valence-corrected chi connectivity index (χ4v) is 4.93. The molecule has 1 heterocycles. The molecule has 0 atom stereocenters. The first-order chi connectivity index (χ1) is 16.5. The molecule has 2 N–H and O–H groups in total. The summed E-state index contributed by atoms with van der Waals surface area (Å²) in [6.45, 7) is 6.58. The Balaban J connectivity index is 1.76. The highest BCUT2D eigenvalue weighted by Gasteiger charge is 2.27. The Labute approximate surface area is 211 Å². The number of fused-ring (bicyclic) bond motifs is 1. The van der Waals surface area contributed by atoms with E-state index in [0.29, 0.717) is 39.8 Å². The van der Waals surface area contributed by atoms with Crippen LogP contribution in [0.15, 0.2) is 65.6 Å². The van der Waals surface area contributed by atoms with Crippen molar-refractivity contribution in [3.05, 3.63) is 87.9 Å². The van der Waals surface area contributed by atoms with Crippen LogP contribution in [-0.4, -0.2) is 21.4 Å². The number of halogens is 1. The zero-order valence-electron chi connectivity index (χ0n) is 20.0. The molecule has 8 heteroatoms. The maximum atomic E-state index is 12.8. The van der Waals surface area contributed by atoms with Crippen molar-refractivity contribution in [1.29, 1.82) is 0 Å². The fraction of sp³-hybridized carbons (Fsp3) is 0.222. The van der Waals surface area contributed by atoms with Crippen LogP contribution in [0, 0.1) is 0 Å². The fourth-order valence-electron chi connectivity index (χ4n) is 3.89. The maximum absolute atomic E-state index is 12.8. The number of carbonyl (C=O) groups excluding carboxylic acids is 1. The first-order valence-electron chi connectivity index (χ1n) is 11.1. The monoisotopic (exact) mass is 510 g/mol. The number of amides is 1. The molecule has 1 aliphatic heterocycles. The number of nitrogens with one attached hydrogen (secondary N) is 2. The summed E-state index contributed by atoms with van der Waals surface area (Å²) in [4.78, 5) is 12.8. The summed E-state index contributed by atoms with van der Waals surface area (Å²) in [6.07, 6.45) is 1.72. The molecule has 0 spiro atoms. The van der Waals surface area contributed by atoms with Gasteiger partial charge in [-0.1, -0.05) is 62.7 Å². The molecule has 3 aromatic carbocycles. The molecule has 0 radical (unpaired) electrons. The molecule has 0 fully saturated rings. The maximum Gasteiger partial charge on any atom is 0.256 e. The lowest BCUT2D eigenvalue weighted by atomic mass is 9.85. The summed E-state index contributed by atoms with van der Waals surface area (Å²) < 4.78 is 33.0. The highest BCUT2D eigenvalue weighted by molar-refractivity contribution is 7.89. The Morgan fingerprint density at radius 2 is 1.77 bits per heavy atom. The first-order valence-corrected chi connectivity index (χ1v) is 13.0. The lowest BCUT2D eigenvalue weighted by molar-refractivity contribution is -0.110. The van der Waals surface area contributed by atoms with Gasteiger partial charge in [0, 0.05) is 22.4 Å². The topological polar surface area (TPSA) is 84.5 Å². The van der Waals surface area contributed by atoms with Crippen LogP contribution in [0.1, 0.15) is 43.0 Å². The van der Waals surface area contributed by atoms with Crippen molar-refractivity contribution < 1.29 is 17.9 Å². The third kappa shape index (κ3) is 5.27. The average Bonchev–Trinajstić information content (AvgIpc) is 3.12. The number of anilines is 1. The molecule has 0 bridgehead atoms. The van der Waals surface area contributed by atoms with Crippen LogP contribution in [0.25, 0.3) is 11.6 Å². The lowest BCUT2D eigenvalue weighted by Crippen LogP contribution is -2.18.